The molecule has 0 aliphatic rings. The number of benzene rings is 1. The average molecular weight is 465 g/mol. The van der Waals surface area contributed by atoms with E-state index in [9.17, 15) is 14.4 Å². The van der Waals surface area contributed by atoms with Crippen molar-refractivity contribution >= 4 is 51.4 Å². The Morgan fingerprint density at radius 2 is 1.72 bits per heavy atom. The smallest absolute Gasteiger partial charge is 0.270 e. The molecule has 3 heterocycles. The number of Topliss-reactive ketones (excluding diaryl/α,β-unsaturated/α-hetero) is 1. The highest BCUT2D eigenvalue weighted by Gasteiger charge is 2.16. The van der Waals surface area contributed by atoms with Crippen LogP contribution in [0.5, 0.6) is 0 Å². The molecule has 2 N–H and O–H groups in total. The van der Waals surface area contributed by atoms with Gasteiger partial charge < -0.3 is 0 Å². The molecule has 3 aromatic heterocycles. The number of aromatic nitrogens is 2. The Hall–Kier alpha value is -3.62. The average Bonchev–Trinajstić information content (AvgIpc) is 3.27. The fourth-order valence-electron chi connectivity index (χ4n) is 3.08. The number of hydrogen-bond acceptors (Lipinski definition) is 6. The molecule has 0 saturated heterocycles. The Morgan fingerprint density at radius 3 is 2.47 bits per heavy atom. The van der Waals surface area contributed by atoms with Crippen LogP contribution in [0.15, 0.2) is 66.9 Å². The van der Waals surface area contributed by atoms with Crippen molar-refractivity contribution in [3.63, 3.8) is 0 Å². The van der Waals surface area contributed by atoms with Crippen molar-refractivity contribution in [3.8, 4) is 11.4 Å². The summed E-state index contributed by atoms with van der Waals surface area (Å²) in [5, 5.41) is 0.642. The third kappa shape index (κ3) is 4.99. The van der Waals surface area contributed by atoms with Gasteiger partial charge in [-0.3, -0.25) is 30.2 Å². The van der Waals surface area contributed by atoms with Crippen molar-refractivity contribution in [1.82, 2.24) is 20.8 Å². The van der Waals surface area contributed by atoms with E-state index in [0.717, 1.165) is 0 Å². The molecule has 0 bridgehead atoms. The van der Waals surface area contributed by atoms with E-state index in [1.165, 1.54) is 11.3 Å². The summed E-state index contributed by atoms with van der Waals surface area (Å²) in [7, 11) is 0. The molecule has 0 atom stereocenters. The SMILES string of the molecule is O=C(CCC(=O)c1ccc(Cl)s1)NNC(=O)c1cc(-c2ccccn2)nc2ccccc12. The standard InChI is InChI=1S/C23H17ClN4O3S/c24-21-10-9-20(32-21)19(29)8-11-22(30)27-28-23(31)15-13-18(17-7-3-4-12-25-17)26-16-6-2-1-5-14(15)16/h1-7,9-10,12-13H,8,11H2,(H,27,30)(H,28,31). The van der Waals surface area contributed by atoms with Gasteiger partial charge >= 0.3 is 0 Å². The fraction of sp³-hybridized carbons (Fsp3) is 0.0870. The molecular weight excluding hydrogens is 448 g/mol. The molecule has 9 heteroatoms. The number of pyridine rings is 2. The summed E-state index contributed by atoms with van der Waals surface area (Å²) in [6.45, 7) is 0. The number of ketones is 1. The number of thiophene rings is 1. The van der Waals surface area contributed by atoms with Crippen molar-refractivity contribution in [2.24, 2.45) is 0 Å². The zero-order valence-electron chi connectivity index (χ0n) is 16.7. The molecular formula is C23H17ClN4O3S. The lowest BCUT2D eigenvalue weighted by molar-refractivity contribution is -0.121. The Kier molecular flexibility index (Phi) is 6.53. The summed E-state index contributed by atoms with van der Waals surface area (Å²) in [4.78, 5) is 46.5. The third-order valence-electron chi connectivity index (χ3n) is 4.63. The topological polar surface area (TPSA) is 101 Å². The number of fused-ring (bicyclic) bond motifs is 1. The normalized spacial score (nSPS) is 10.7. The van der Waals surface area contributed by atoms with Gasteiger partial charge in [-0.1, -0.05) is 35.9 Å². The van der Waals surface area contributed by atoms with Gasteiger partial charge in [0.05, 0.1) is 31.7 Å². The van der Waals surface area contributed by atoms with Crippen molar-refractivity contribution in [2.75, 3.05) is 0 Å². The number of hydrogen-bond donors (Lipinski definition) is 2. The number of amides is 2. The second kappa shape index (κ2) is 9.67. The number of carbonyl (C=O) groups is 3. The molecule has 0 spiro atoms. The number of rotatable bonds is 6. The molecule has 0 unspecified atom stereocenters. The third-order valence-corrected chi connectivity index (χ3v) is 5.90. The van der Waals surface area contributed by atoms with E-state index < -0.39 is 11.8 Å². The van der Waals surface area contributed by atoms with E-state index in [0.29, 0.717) is 37.1 Å². The summed E-state index contributed by atoms with van der Waals surface area (Å²) < 4.78 is 0.514. The molecule has 0 saturated carbocycles. The van der Waals surface area contributed by atoms with E-state index in [4.69, 9.17) is 11.6 Å². The first-order valence-corrected chi connectivity index (χ1v) is 10.9. The Balaban J connectivity index is 1.45. The quantitative estimate of drug-likeness (QED) is 0.324. The van der Waals surface area contributed by atoms with Crippen molar-refractivity contribution in [2.45, 2.75) is 12.8 Å². The highest BCUT2D eigenvalue weighted by atomic mass is 35.5. The van der Waals surface area contributed by atoms with Gasteiger partial charge in [-0.05, 0) is 36.4 Å². The van der Waals surface area contributed by atoms with Crippen LogP contribution < -0.4 is 10.9 Å². The molecule has 2 amide bonds. The number of para-hydroxylation sites is 1. The van der Waals surface area contributed by atoms with Crippen LogP contribution in [0.4, 0.5) is 0 Å². The Morgan fingerprint density at radius 1 is 0.906 bits per heavy atom. The van der Waals surface area contributed by atoms with Crippen LogP contribution in [-0.2, 0) is 4.79 Å². The van der Waals surface area contributed by atoms with Crippen molar-refractivity contribution in [3.05, 3.63) is 81.6 Å². The lowest BCUT2D eigenvalue weighted by atomic mass is 10.1. The first-order valence-electron chi connectivity index (χ1n) is 9.70. The Labute approximate surface area is 192 Å². The molecule has 0 aliphatic carbocycles. The molecule has 160 valence electrons. The van der Waals surface area contributed by atoms with Gasteiger partial charge in [-0.15, -0.1) is 11.3 Å². The number of carbonyl (C=O) groups excluding carboxylic acids is 3. The summed E-state index contributed by atoms with van der Waals surface area (Å²) in [6.07, 6.45) is 1.60. The van der Waals surface area contributed by atoms with Gasteiger partial charge in [-0.2, -0.15) is 0 Å². The van der Waals surface area contributed by atoms with Crippen LogP contribution >= 0.6 is 22.9 Å². The van der Waals surface area contributed by atoms with Gasteiger partial charge in [0, 0.05) is 24.4 Å². The minimum absolute atomic E-state index is 0.0144. The maximum Gasteiger partial charge on any atom is 0.270 e. The molecule has 1 aromatic carbocycles. The van der Waals surface area contributed by atoms with Crippen molar-refractivity contribution in [1.29, 1.82) is 0 Å². The number of nitrogens with one attached hydrogen (secondary N) is 2. The zero-order chi connectivity index (χ0) is 22.5. The minimum Gasteiger partial charge on any atom is -0.293 e. The summed E-state index contributed by atoms with van der Waals surface area (Å²) in [5.74, 6) is -1.15. The fourth-order valence-corrected chi connectivity index (χ4v) is 4.09. The highest BCUT2D eigenvalue weighted by molar-refractivity contribution is 7.18. The van der Waals surface area contributed by atoms with Crippen LogP contribution in [-0.4, -0.2) is 27.6 Å². The minimum atomic E-state index is -0.495. The largest absolute Gasteiger partial charge is 0.293 e. The molecule has 0 radical (unpaired) electrons. The van der Waals surface area contributed by atoms with E-state index in [-0.39, 0.29) is 18.6 Å². The van der Waals surface area contributed by atoms with E-state index >= 15 is 0 Å². The number of hydrazine groups is 1. The van der Waals surface area contributed by atoms with Crippen LogP contribution in [0.25, 0.3) is 22.3 Å². The first-order chi connectivity index (χ1) is 15.5. The van der Waals surface area contributed by atoms with E-state index in [1.54, 1.807) is 48.7 Å². The second-order valence-corrected chi connectivity index (χ2v) is 8.53. The van der Waals surface area contributed by atoms with Crippen LogP contribution in [0.1, 0.15) is 32.9 Å². The zero-order valence-corrected chi connectivity index (χ0v) is 18.2. The van der Waals surface area contributed by atoms with Crippen molar-refractivity contribution < 1.29 is 14.4 Å². The van der Waals surface area contributed by atoms with Crippen LogP contribution in [0.3, 0.4) is 0 Å². The van der Waals surface area contributed by atoms with Crippen LogP contribution in [0.2, 0.25) is 4.34 Å². The predicted octanol–water partition coefficient (Wildman–Crippen LogP) is 4.44. The highest BCUT2D eigenvalue weighted by Crippen LogP contribution is 2.24. The van der Waals surface area contributed by atoms with Gasteiger partial charge in [0.15, 0.2) is 5.78 Å². The monoisotopic (exact) mass is 464 g/mol. The van der Waals surface area contributed by atoms with E-state index in [1.807, 2.05) is 18.2 Å². The maximum atomic E-state index is 12.9. The molecule has 0 aliphatic heterocycles. The summed E-state index contributed by atoms with van der Waals surface area (Å²) >= 11 is 7.00. The van der Waals surface area contributed by atoms with Gasteiger partial charge in [0.2, 0.25) is 5.91 Å². The molecule has 7 nitrogen and oxygen atoms in total. The molecule has 4 aromatic rings. The summed E-state index contributed by atoms with van der Waals surface area (Å²) in [6, 6.07) is 17.6. The first kappa shape index (κ1) is 21.6. The lowest BCUT2D eigenvalue weighted by Crippen LogP contribution is -2.41. The number of halogens is 1. The predicted molar refractivity (Wildman–Crippen MR) is 123 cm³/mol. The Bertz CT molecular complexity index is 1310. The second-order valence-electron chi connectivity index (χ2n) is 6.82. The summed E-state index contributed by atoms with van der Waals surface area (Å²) in [5.41, 5.74) is 6.94. The molecule has 32 heavy (non-hydrogen) atoms. The molecule has 4 rings (SSSR count). The van der Waals surface area contributed by atoms with Gasteiger partial charge in [-0.25, -0.2) is 4.98 Å². The van der Waals surface area contributed by atoms with Crippen LogP contribution in [0, 0.1) is 0 Å². The van der Waals surface area contributed by atoms with Gasteiger partial charge in [0.1, 0.15) is 0 Å². The molecule has 0 fully saturated rings. The van der Waals surface area contributed by atoms with Gasteiger partial charge in [0.25, 0.3) is 5.91 Å². The van der Waals surface area contributed by atoms with E-state index in [2.05, 4.69) is 20.8 Å². The lowest BCUT2D eigenvalue weighted by Gasteiger charge is -2.11. The number of nitrogens with zero attached hydrogens (tertiary/aromatic N) is 2. The maximum absolute atomic E-state index is 12.9.